The Hall–Kier alpha value is -2.45. The van der Waals surface area contributed by atoms with Gasteiger partial charge < -0.3 is 10.1 Å². The maximum absolute atomic E-state index is 13.6. The molecule has 0 heterocycles. The highest BCUT2D eigenvalue weighted by Gasteiger charge is 2.09. The van der Waals surface area contributed by atoms with Gasteiger partial charge in [-0.25, -0.2) is 17.9 Å². The summed E-state index contributed by atoms with van der Waals surface area (Å²) in [5.74, 6) is -0.689. The number of carbonyl (C=O) groups excluding carboxylic acids is 1. The van der Waals surface area contributed by atoms with Gasteiger partial charge in [0.15, 0.2) is 11.6 Å². The summed E-state index contributed by atoms with van der Waals surface area (Å²) in [7, 11) is -2.37. The van der Waals surface area contributed by atoms with E-state index in [0.717, 1.165) is 5.56 Å². The number of hydrogen-bond acceptors (Lipinski definition) is 4. The number of benzene rings is 2. The van der Waals surface area contributed by atoms with E-state index in [9.17, 15) is 17.6 Å². The molecule has 0 spiro atoms. The van der Waals surface area contributed by atoms with Crippen molar-refractivity contribution in [1.29, 1.82) is 0 Å². The van der Waals surface area contributed by atoms with Gasteiger partial charge in [0.25, 0.3) is 0 Å². The number of rotatable bonds is 6. The molecule has 2 rings (SSSR count). The summed E-state index contributed by atoms with van der Waals surface area (Å²) in [6, 6.07) is 10.2. The Morgan fingerprint density at radius 2 is 1.79 bits per heavy atom. The molecule has 0 atom stereocenters. The number of primary sulfonamides is 1. The highest BCUT2D eigenvalue weighted by atomic mass is 32.2. The molecule has 2 aromatic carbocycles. The van der Waals surface area contributed by atoms with Crippen molar-refractivity contribution in [1.82, 2.24) is 5.32 Å². The molecule has 1 amide bonds. The van der Waals surface area contributed by atoms with Crippen molar-refractivity contribution < 1.29 is 22.3 Å². The number of hydrogen-bond donors (Lipinski definition) is 2. The Balaban J connectivity index is 1.92. The van der Waals surface area contributed by atoms with Gasteiger partial charge in [-0.1, -0.05) is 18.2 Å². The van der Waals surface area contributed by atoms with E-state index < -0.39 is 15.8 Å². The first-order valence-electron chi connectivity index (χ1n) is 7.00. The minimum Gasteiger partial charge on any atom is -0.494 e. The molecular weight excluding hydrogens is 335 g/mol. The fourth-order valence-electron chi connectivity index (χ4n) is 2.07. The van der Waals surface area contributed by atoms with Crippen LogP contribution in [-0.4, -0.2) is 21.4 Å². The lowest BCUT2D eigenvalue weighted by Gasteiger charge is -2.07. The molecule has 0 unspecified atom stereocenters. The SMILES string of the molecule is COc1ccc(CC(=O)NCc2ccc(S(N)(=O)=O)cc2)cc1F. The first-order valence-corrected chi connectivity index (χ1v) is 8.55. The van der Waals surface area contributed by atoms with Gasteiger partial charge in [-0.2, -0.15) is 0 Å². The molecule has 0 fully saturated rings. The van der Waals surface area contributed by atoms with Crippen LogP contribution < -0.4 is 15.2 Å². The van der Waals surface area contributed by atoms with E-state index in [0.29, 0.717) is 5.56 Å². The number of sulfonamides is 1. The van der Waals surface area contributed by atoms with Crippen LogP contribution in [0.2, 0.25) is 0 Å². The van der Waals surface area contributed by atoms with E-state index in [-0.39, 0.29) is 29.5 Å². The van der Waals surface area contributed by atoms with Gasteiger partial charge in [-0.15, -0.1) is 0 Å². The molecular formula is C16H17FN2O4S. The normalized spacial score (nSPS) is 11.1. The minimum absolute atomic E-state index is 0.00582. The van der Waals surface area contributed by atoms with Crippen LogP contribution in [-0.2, 0) is 27.8 Å². The first-order chi connectivity index (χ1) is 11.3. The van der Waals surface area contributed by atoms with Gasteiger partial charge in [0.2, 0.25) is 15.9 Å². The fourth-order valence-corrected chi connectivity index (χ4v) is 2.58. The van der Waals surface area contributed by atoms with Crippen LogP contribution in [0.15, 0.2) is 47.4 Å². The number of nitrogens with one attached hydrogen (secondary N) is 1. The van der Waals surface area contributed by atoms with Crippen molar-refractivity contribution >= 4 is 15.9 Å². The highest BCUT2D eigenvalue weighted by molar-refractivity contribution is 7.89. The van der Waals surface area contributed by atoms with E-state index in [2.05, 4.69) is 5.32 Å². The van der Waals surface area contributed by atoms with Gasteiger partial charge in [0.05, 0.1) is 18.4 Å². The number of ether oxygens (including phenoxy) is 1. The van der Waals surface area contributed by atoms with Gasteiger partial charge >= 0.3 is 0 Å². The minimum atomic E-state index is -3.73. The summed E-state index contributed by atoms with van der Waals surface area (Å²) in [5.41, 5.74) is 1.24. The predicted octanol–water partition coefficient (Wildman–Crippen LogP) is 1.34. The molecule has 0 aliphatic heterocycles. The summed E-state index contributed by atoms with van der Waals surface area (Å²) >= 11 is 0. The number of methoxy groups -OCH3 is 1. The smallest absolute Gasteiger partial charge is 0.238 e. The van der Waals surface area contributed by atoms with Crippen LogP contribution in [0.4, 0.5) is 4.39 Å². The number of nitrogens with two attached hydrogens (primary N) is 1. The molecule has 2 aromatic rings. The zero-order valence-corrected chi connectivity index (χ0v) is 13.8. The van der Waals surface area contributed by atoms with E-state index in [4.69, 9.17) is 9.88 Å². The molecule has 0 aliphatic rings. The summed E-state index contributed by atoms with van der Waals surface area (Å²) in [6.07, 6.45) is 0.0240. The van der Waals surface area contributed by atoms with Crippen molar-refractivity contribution in [2.75, 3.05) is 7.11 Å². The third-order valence-electron chi connectivity index (χ3n) is 3.32. The second-order valence-corrected chi connectivity index (χ2v) is 6.67. The highest BCUT2D eigenvalue weighted by Crippen LogP contribution is 2.18. The quantitative estimate of drug-likeness (QED) is 0.820. The number of amides is 1. The average molecular weight is 352 g/mol. The van der Waals surface area contributed by atoms with Gasteiger partial charge in [-0.3, -0.25) is 4.79 Å². The molecule has 24 heavy (non-hydrogen) atoms. The second-order valence-electron chi connectivity index (χ2n) is 5.11. The van der Waals surface area contributed by atoms with Crippen LogP contribution in [0, 0.1) is 5.82 Å². The summed E-state index contributed by atoms with van der Waals surface area (Å²) < 4.78 is 40.7. The summed E-state index contributed by atoms with van der Waals surface area (Å²) in [5, 5.41) is 7.69. The Morgan fingerprint density at radius 3 is 2.33 bits per heavy atom. The van der Waals surface area contributed by atoms with Crippen molar-refractivity contribution in [2.45, 2.75) is 17.9 Å². The maximum atomic E-state index is 13.6. The van der Waals surface area contributed by atoms with Crippen LogP contribution in [0.3, 0.4) is 0 Å². The Bertz CT molecular complexity index is 836. The fraction of sp³-hybridized carbons (Fsp3) is 0.188. The van der Waals surface area contributed by atoms with E-state index in [1.165, 1.54) is 31.4 Å². The number of halogens is 1. The van der Waals surface area contributed by atoms with Crippen LogP contribution >= 0.6 is 0 Å². The Kier molecular flexibility index (Phi) is 5.53. The molecule has 6 nitrogen and oxygen atoms in total. The molecule has 0 saturated heterocycles. The molecule has 0 aliphatic carbocycles. The van der Waals surface area contributed by atoms with E-state index in [1.54, 1.807) is 18.2 Å². The van der Waals surface area contributed by atoms with Crippen molar-refractivity contribution in [2.24, 2.45) is 5.14 Å². The van der Waals surface area contributed by atoms with Gasteiger partial charge in [0.1, 0.15) is 0 Å². The lowest BCUT2D eigenvalue weighted by molar-refractivity contribution is -0.120. The molecule has 8 heteroatoms. The third kappa shape index (κ3) is 4.77. The maximum Gasteiger partial charge on any atom is 0.238 e. The van der Waals surface area contributed by atoms with Crippen LogP contribution in [0.25, 0.3) is 0 Å². The molecule has 128 valence electrons. The molecule has 0 bridgehead atoms. The predicted molar refractivity (Wildman–Crippen MR) is 86.3 cm³/mol. The van der Waals surface area contributed by atoms with Crippen LogP contribution in [0.1, 0.15) is 11.1 Å². The topological polar surface area (TPSA) is 98.5 Å². The average Bonchev–Trinajstić information content (AvgIpc) is 2.53. The summed E-state index contributed by atoms with van der Waals surface area (Å²) in [6.45, 7) is 0.225. The Labute approximate surface area is 139 Å². The molecule has 3 N–H and O–H groups in total. The van der Waals surface area contributed by atoms with Gasteiger partial charge in [-0.05, 0) is 35.4 Å². The lowest BCUT2D eigenvalue weighted by atomic mass is 10.1. The van der Waals surface area contributed by atoms with E-state index in [1.807, 2.05) is 0 Å². The van der Waals surface area contributed by atoms with Crippen LogP contribution in [0.5, 0.6) is 5.75 Å². The molecule has 0 radical (unpaired) electrons. The van der Waals surface area contributed by atoms with Crippen molar-refractivity contribution in [3.8, 4) is 5.75 Å². The zero-order valence-electron chi connectivity index (χ0n) is 13.0. The largest absolute Gasteiger partial charge is 0.494 e. The molecule has 0 saturated carbocycles. The van der Waals surface area contributed by atoms with Crippen molar-refractivity contribution in [3.63, 3.8) is 0 Å². The lowest BCUT2D eigenvalue weighted by Crippen LogP contribution is -2.24. The van der Waals surface area contributed by atoms with E-state index >= 15 is 0 Å². The molecule has 0 aromatic heterocycles. The number of carbonyl (C=O) groups is 1. The third-order valence-corrected chi connectivity index (χ3v) is 4.25. The monoisotopic (exact) mass is 352 g/mol. The first kappa shape index (κ1) is 17.9. The standard InChI is InChI=1S/C16H17FN2O4S/c1-23-15-7-4-12(8-14(15)17)9-16(20)19-10-11-2-5-13(6-3-11)24(18,21)22/h2-8H,9-10H2,1H3,(H,19,20)(H2,18,21,22). The second kappa shape index (κ2) is 7.41. The summed E-state index contributed by atoms with van der Waals surface area (Å²) in [4.78, 5) is 11.9. The Morgan fingerprint density at radius 1 is 1.17 bits per heavy atom. The van der Waals surface area contributed by atoms with Gasteiger partial charge in [0, 0.05) is 6.54 Å². The zero-order chi connectivity index (χ0) is 17.7. The van der Waals surface area contributed by atoms with Crippen molar-refractivity contribution in [3.05, 3.63) is 59.4 Å².